The second-order valence-electron chi connectivity index (χ2n) is 5.77. The van der Waals surface area contributed by atoms with Crippen LogP contribution in [-0.2, 0) is 0 Å². The van der Waals surface area contributed by atoms with Crippen molar-refractivity contribution >= 4 is 16.6 Å². The van der Waals surface area contributed by atoms with Gasteiger partial charge >= 0.3 is 0 Å². The number of nitrogens with one attached hydrogen (secondary N) is 1. The maximum Gasteiger partial charge on any atom is 0.145 e. The first-order chi connectivity index (χ1) is 10.2. The van der Waals surface area contributed by atoms with Gasteiger partial charge in [-0.2, -0.15) is 0 Å². The van der Waals surface area contributed by atoms with Crippen LogP contribution < -0.4 is 10.1 Å². The molecule has 0 radical (unpaired) electrons. The second-order valence-corrected chi connectivity index (χ2v) is 5.77. The highest BCUT2D eigenvalue weighted by Crippen LogP contribution is 2.31. The van der Waals surface area contributed by atoms with E-state index in [0.717, 1.165) is 47.3 Å². The van der Waals surface area contributed by atoms with E-state index < -0.39 is 0 Å². The number of anilines is 1. The highest BCUT2D eigenvalue weighted by atomic mass is 16.5. The zero-order valence-electron chi connectivity index (χ0n) is 12.6. The Hall–Kier alpha value is -1.81. The molecule has 112 valence electrons. The zero-order chi connectivity index (χ0) is 14.8. The summed E-state index contributed by atoms with van der Waals surface area (Å²) >= 11 is 0. The average Bonchev–Trinajstić information content (AvgIpc) is 2.49. The zero-order valence-corrected chi connectivity index (χ0v) is 12.6. The Bertz CT molecular complexity index is 642. The standard InChI is InChI=1S/C17H22N2O2/c1-11-10-14(19-13-7-3-4-8-15(13)20)12-6-5-9-16(21-2)17(12)18-11/h5-6,9-10,13,15,20H,3-4,7-8H2,1-2H3,(H,18,19)/t13-,15-/m0/s1. The van der Waals surface area contributed by atoms with Gasteiger partial charge in [0.1, 0.15) is 11.3 Å². The molecule has 2 atom stereocenters. The molecule has 0 aliphatic heterocycles. The minimum atomic E-state index is -0.270. The second kappa shape index (κ2) is 5.90. The Morgan fingerprint density at radius 2 is 2.10 bits per heavy atom. The largest absolute Gasteiger partial charge is 0.494 e. The number of aliphatic hydroxyl groups is 1. The number of methoxy groups -OCH3 is 1. The van der Waals surface area contributed by atoms with Crippen LogP contribution in [0.2, 0.25) is 0 Å². The number of aromatic nitrogens is 1. The number of rotatable bonds is 3. The first-order valence-corrected chi connectivity index (χ1v) is 7.58. The number of para-hydroxylation sites is 1. The Morgan fingerprint density at radius 3 is 2.86 bits per heavy atom. The van der Waals surface area contributed by atoms with Gasteiger partial charge in [0.2, 0.25) is 0 Å². The van der Waals surface area contributed by atoms with Crippen molar-refractivity contribution in [3.63, 3.8) is 0 Å². The Balaban J connectivity index is 2.01. The summed E-state index contributed by atoms with van der Waals surface area (Å²) in [5.41, 5.74) is 2.84. The molecule has 3 rings (SSSR count). The molecule has 1 aliphatic carbocycles. The van der Waals surface area contributed by atoms with Gasteiger partial charge in [-0.15, -0.1) is 0 Å². The lowest BCUT2D eigenvalue weighted by atomic mass is 9.92. The molecule has 0 unspecified atom stereocenters. The van der Waals surface area contributed by atoms with E-state index in [2.05, 4.69) is 10.3 Å². The summed E-state index contributed by atoms with van der Waals surface area (Å²) in [6, 6.07) is 8.11. The van der Waals surface area contributed by atoms with E-state index in [9.17, 15) is 5.11 Å². The lowest BCUT2D eigenvalue weighted by Crippen LogP contribution is -2.36. The monoisotopic (exact) mass is 286 g/mol. The summed E-state index contributed by atoms with van der Waals surface area (Å²) in [5, 5.41) is 14.7. The van der Waals surface area contributed by atoms with Crippen LogP contribution in [0.15, 0.2) is 24.3 Å². The molecule has 4 heteroatoms. The number of nitrogens with zero attached hydrogens (tertiary/aromatic N) is 1. The number of pyridine rings is 1. The van der Waals surface area contributed by atoms with Crippen molar-refractivity contribution in [3.8, 4) is 5.75 Å². The van der Waals surface area contributed by atoms with Gasteiger partial charge < -0.3 is 15.2 Å². The molecule has 2 N–H and O–H groups in total. The molecule has 0 bridgehead atoms. The van der Waals surface area contributed by atoms with Gasteiger partial charge in [-0.1, -0.05) is 25.0 Å². The van der Waals surface area contributed by atoms with Crippen molar-refractivity contribution < 1.29 is 9.84 Å². The van der Waals surface area contributed by atoms with E-state index >= 15 is 0 Å². The minimum Gasteiger partial charge on any atom is -0.494 e. The third kappa shape index (κ3) is 2.81. The number of ether oxygens (including phenoxy) is 1. The normalized spacial score (nSPS) is 22.2. The molecule has 21 heavy (non-hydrogen) atoms. The maximum atomic E-state index is 10.2. The summed E-state index contributed by atoms with van der Waals surface area (Å²) in [7, 11) is 1.66. The van der Waals surface area contributed by atoms with Crippen molar-refractivity contribution in [3.05, 3.63) is 30.0 Å². The molecule has 0 saturated heterocycles. The van der Waals surface area contributed by atoms with E-state index in [0.29, 0.717) is 0 Å². The Morgan fingerprint density at radius 1 is 1.29 bits per heavy atom. The third-order valence-corrected chi connectivity index (χ3v) is 4.22. The van der Waals surface area contributed by atoms with Gasteiger partial charge in [-0.3, -0.25) is 0 Å². The van der Waals surface area contributed by atoms with Gasteiger partial charge in [0.25, 0.3) is 0 Å². The van der Waals surface area contributed by atoms with E-state index in [1.54, 1.807) is 7.11 Å². The molecule has 2 aromatic rings. The topological polar surface area (TPSA) is 54.4 Å². The average molecular weight is 286 g/mol. The summed E-state index contributed by atoms with van der Waals surface area (Å²) in [5.74, 6) is 0.781. The van der Waals surface area contributed by atoms with E-state index in [-0.39, 0.29) is 12.1 Å². The molecular formula is C17H22N2O2. The highest BCUT2D eigenvalue weighted by Gasteiger charge is 2.23. The summed E-state index contributed by atoms with van der Waals surface area (Å²) in [4.78, 5) is 4.59. The van der Waals surface area contributed by atoms with Crippen LogP contribution in [0.25, 0.3) is 10.9 Å². The highest BCUT2D eigenvalue weighted by molar-refractivity contribution is 5.95. The Labute approximate surface area is 125 Å². The number of aliphatic hydroxyl groups excluding tert-OH is 1. The summed E-state index contributed by atoms with van der Waals surface area (Å²) in [6.07, 6.45) is 3.90. The van der Waals surface area contributed by atoms with E-state index in [1.807, 2.05) is 31.2 Å². The van der Waals surface area contributed by atoms with Crippen molar-refractivity contribution in [2.75, 3.05) is 12.4 Å². The van der Waals surface area contributed by atoms with Gasteiger partial charge in [-0.05, 0) is 31.9 Å². The van der Waals surface area contributed by atoms with Crippen LogP contribution in [0.4, 0.5) is 5.69 Å². The maximum absolute atomic E-state index is 10.2. The number of hydrogen-bond acceptors (Lipinski definition) is 4. The lowest BCUT2D eigenvalue weighted by Gasteiger charge is -2.29. The quantitative estimate of drug-likeness (QED) is 0.909. The van der Waals surface area contributed by atoms with Crippen LogP contribution in [0.5, 0.6) is 5.75 Å². The fourth-order valence-electron chi connectivity index (χ4n) is 3.11. The van der Waals surface area contributed by atoms with Gasteiger partial charge in [0.15, 0.2) is 0 Å². The predicted octanol–water partition coefficient (Wildman–Crippen LogP) is 3.27. The summed E-state index contributed by atoms with van der Waals surface area (Å²) in [6.45, 7) is 1.98. The van der Waals surface area contributed by atoms with Crippen molar-refractivity contribution in [1.29, 1.82) is 0 Å². The number of hydrogen-bond donors (Lipinski definition) is 2. The number of benzene rings is 1. The SMILES string of the molecule is COc1cccc2c(N[C@H]3CCCC[C@@H]3O)cc(C)nc12. The molecule has 0 amide bonds. The molecule has 0 spiro atoms. The minimum absolute atomic E-state index is 0.120. The fraction of sp³-hybridized carbons (Fsp3) is 0.471. The van der Waals surface area contributed by atoms with E-state index in [1.165, 1.54) is 6.42 Å². The lowest BCUT2D eigenvalue weighted by molar-refractivity contribution is 0.116. The van der Waals surface area contributed by atoms with Crippen LogP contribution >= 0.6 is 0 Å². The van der Waals surface area contributed by atoms with Crippen molar-refractivity contribution in [2.45, 2.75) is 44.8 Å². The fourth-order valence-corrected chi connectivity index (χ4v) is 3.11. The molecule has 1 saturated carbocycles. The van der Waals surface area contributed by atoms with Crippen LogP contribution in [0.1, 0.15) is 31.4 Å². The molecule has 1 aliphatic rings. The molecule has 1 aromatic heterocycles. The van der Waals surface area contributed by atoms with Gasteiger partial charge in [-0.25, -0.2) is 4.98 Å². The molecule has 1 fully saturated rings. The van der Waals surface area contributed by atoms with Gasteiger partial charge in [0.05, 0.1) is 19.3 Å². The van der Waals surface area contributed by atoms with Crippen LogP contribution in [-0.4, -0.2) is 29.3 Å². The predicted molar refractivity (Wildman–Crippen MR) is 84.9 cm³/mol. The first kappa shape index (κ1) is 14.1. The molecule has 1 aromatic carbocycles. The first-order valence-electron chi connectivity index (χ1n) is 7.58. The van der Waals surface area contributed by atoms with Crippen molar-refractivity contribution in [2.24, 2.45) is 0 Å². The van der Waals surface area contributed by atoms with Crippen molar-refractivity contribution in [1.82, 2.24) is 4.98 Å². The third-order valence-electron chi connectivity index (χ3n) is 4.22. The van der Waals surface area contributed by atoms with Gasteiger partial charge in [0, 0.05) is 16.8 Å². The Kier molecular flexibility index (Phi) is 3.97. The van der Waals surface area contributed by atoms with Crippen LogP contribution in [0.3, 0.4) is 0 Å². The van der Waals surface area contributed by atoms with E-state index in [4.69, 9.17) is 4.74 Å². The molecule has 4 nitrogen and oxygen atoms in total. The molecule has 1 heterocycles. The smallest absolute Gasteiger partial charge is 0.145 e. The molecular weight excluding hydrogens is 264 g/mol. The summed E-state index contributed by atoms with van der Waals surface area (Å²) < 4.78 is 5.41. The number of fused-ring (bicyclic) bond motifs is 1. The van der Waals surface area contributed by atoms with Crippen LogP contribution in [0, 0.1) is 6.92 Å². The number of aryl methyl sites for hydroxylation is 1.